The number of aldehydes is 1. The van der Waals surface area contributed by atoms with Gasteiger partial charge in [0.05, 0.1) is 11.4 Å². The Kier molecular flexibility index (Phi) is 6.27. The number of para-hydroxylation sites is 1. The Balaban J connectivity index is 1.55. The van der Waals surface area contributed by atoms with Crippen molar-refractivity contribution in [1.29, 1.82) is 0 Å². The van der Waals surface area contributed by atoms with Crippen LogP contribution in [0.15, 0.2) is 84.0 Å². The molecule has 1 aliphatic heterocycles. The van der Waals surface area contributed by atoms with Crippen LogP contribution >= 0.6 is 0 Å². The van der Waals surface area contributed by atoms with Crippen LogP contribution in [0.5, 0.6) is 5.75 Å². The highest BCUT2D eigenvalue weighted by Gasteiger charge is 2.36. The lowest BCUT2D eigenvalue weighted by atomic mass is 10.0. The predicted molar refractivity (Wildman–Crippen MR) is 143 cm³/mol. The Morgan fingerprint density at radius 3 is 2.43 bits per heavy atom. The van der Waals surface area contributed by atoms with E-state index in [-0.39, 0.29) is 17.4 Å². The molecule has 4 aromatic carbocycles. The van der Waals surface area contributed by atoms with E-state index in [2.05, 4.69) is 10.5 Å². The largest absolute Gasteiger partial charge is 0.505 e. The summed E-state index contributed by atoms with van der Waals surface area (Å²) in [4.78, 5) is 26.3. The molecule has 0 aliphatic carbocycles. The molecule has 1 amide bonds. The summed E-state index contributed by atoms with van der Waals surface area (Å²) in [6.07, 6.45) is 0.744. The maximum absolute atomic E-state index is 13.6. The first kappa shape index (κ1) is 23.9. The van der Waals surface area contributed by atoms with E-state index >= 15 is 0 Å². The van der Waals surface area contributed by atoms with Gasteiger partial charge in [-0.2, -0.15) is 5.10 Å². The number of nitrogens with zero attached hydrogens (tertiary/aromatic N) is 2. The van der Waals surface area contributed by atoms with Gasteiger partial charge in [0.1, 0.15) is 18.7 Å². The third-order valence-corrected chi connectivity index (χ3v) is 6.24. The number of anilines is 3. The summed E-state index contributed by atoms with van der Waals surface area (Å²) < 4.78 is 13.5. The van der Waals surface area contributed by atoms with E-state index < -0.39 is 6.67 Å². The quantitative estimate of drug-likeness (QED) is 0.184. The lowest BCUT2D eigenvalue weighted by Gasteiger charge is -2.18. The highest BCUT2D eigenvalue weighted by Crippen LogP contribution is 2.39. The number of phenolic OH excluding ortho intramolecular Hbond substituents is 1. The Hall–Kier alpha value is -4.78. The van der Waals surface area contributed by atoms with Crippen LogP contribution in [0, 0.1) is 13.8 Å². The number of halogens is 1. The molecule has 0 bridgehead atoms. The van der Waals surface area contributed by atoms with Gasteiger partial charge < -0.3 is 5.11 Å². The molecule has 0 unspecified atom stereocenters. The molecule has 0 saturated heterocycles. The van der Waals surface area contributed by atoms with E-state index in [1.807, 2.05) is 32.0 Å². The highest BCUT2D eigenvalue weighted by atomic mass is 19.1. The number of carbonyl (C=O) groups excluding carboxylic acids is 2. The van der Waals surface area contributed by atoms with E-state index in [0.29, 0.717) is 44.9 Å². The molecule has 7 heteroatoms. The number of amides is 1. The molecule has 1 heterocycles. The van der Waals surface area contributed by atoms with Gasteiger partial charge in [-0.25, -0.2) is 4.39 Å². The van der Waals surface area contributed by atoms with Gasteiger partial charge >= 0.3 is 0 Å². The molecule has 0 saturated carbocycles. The average molecular weight is 494 g/mol. The van der Waals surface area contributed by atoms with Crippen molar-refractivity contribution < 1.29 is 19.1 Å². The topological polar surface area (TPSA) is 82.0 Å². The Bertz CT molecular complexity index is 1560. The zero-order valence-electron chi connectivity index (χ0n) is 20.3. The molecule has 0 spiro atoms. The number of aryl methyl sites for hydroxylation is 2. The summed E-state index contributed by atoms with van der Waals surface area (Å²) in [5.74, 6) is -0.433. The van der Waals surface area contributed by atoms with Crippen LogP contribution in [0.4, 0.5) is 21.5 Å². The number of aromatic hydroxyl groups is 1. The summed E-state index contributed by atoms with van der Waals surface area (Å²) in [6, 6.07) is 22.8. The normalized spacial score (nSPS) is 13.6. The molecular weight excluding hydrogens is 469 g/mol. The van der Waals surface area contributed by atoms with Crippen LogP contribution < -0.4 is 10.3 Å². The van der Waals surface area contributed by atoms with E-state index in [4.69, 9.17) is 0 Å². The zero-order chi connectivity index (χ0) is 26.1. The number of hydrazone groups is 1. The standard InChI is InChI=1S/C30H24FN3O3/c1-18-11-19(2)13-23(12-18)34-27-15-20(16-31)9-10-25(27)28(30(34)37)33-32-26-8-4-7-24(29(26)36)22-6-3-5-21(14-22)17-35/h3-15,17,32,36H,16H2,1-2H3/b33-28-. The van der Waals surface area contributed by atoms with E-state index in [1.165, 1.54) is 4.90 Å². The minimum absolute atomic E-state index is 0.0699. The third-order valence-electron chi connectivity index (χ3n) is 6.24. The molecule has 1 aliphatic rings. The minimum atomic E-state index is -0.654. The molecule has 2 N–H and O–H groups in total. The van der Waals surface area contributed by atoms with Crippen LogP contribution in [0.25, 0.3) is 11.1 Å². The van der Waals surface area contributed by atoms with Gasteiger partial charge in [0, 0.05) is 22.4 Å². The first-order valence-electron chi connectivity index (χ1n) is 11.7. The van der Waals surface area contributed by atoms with E-state index in [0.717, 1.165) is 17.4 Å². The van der Waals surface area contributed by atoms with Crippen molar-refractivity contribution in [3.8, 4) is 16.9 Å². The van der Waals surface area contributed by atoms with Crippen LogP contribution in [-0.2, 0) is 11.5 Å². The van der Waals surface area contributed by atoms with Crippen molar-refractivity contribution >= 4 is 35.0 Å². The van der Waals surface area contributed by atoms with Gasteiger partial charge in [-0.1, -0.05) is 48.5 Å². The monoisotopic (exact) mass is 493 g/mol. The van der Waals surface area contributed by atoms with Crippen LogP contribution in [0.2, 0.25) is 0 Å². The zero-order valence-corrected chi connectivity index (χ0v) is 20.3. The molecular formula is C30H24FN3O3. The number of nitrogens with one attached hydrogen (secondary N) is 1. The van der Waals surface area contributed by atoms with Crippen molar-refractivity contribution in [1.82, 2.24) is 0 Å². The van der Waals surface area contributed by atoms with Gasteiger partial charge in [0.25, 0.3) is 5.91 Å². The SMILES string of the molecule is Cc1cc(C)cc(N2C(=O)/C(=N\Nc3cccc(-c4cccc(C=O)c4)c3O)c3ccc(CF)cc32)c1. The minimum Gasteiger partial charge on any atom is -0.505 e. The second-order valence-electron chi connectivity index (χ2n) is 8.99. The third kappa shape index (κ3) is 4.47. The number of benzene rings is 4. The summed E-state index contributed by atoms with van der Waals surface area (Å²) >= 11 is 0. The number of carbonyl (C=O) groups is 2. The second kappa shape index (κ2) is 9.70. The number of phenols is 1. The maximum Gasteiger partial charge on any atom is 0.283 e. The van der Waals surface area contributed by atoms with Crippen molar-refractivity contribution in [2.45, 2.75) is 20.5 Å². The van der Waals surface area contributed by atoms with Gasteiger partial charge in [0.15, 0.2) is 5.71 Å². The van der Waals surface area contributed by atoms with Crippen LogP contribution in [0.1, 0.15) is 32.6 Å². The fourth-order valence-corrected chi connectivity index (χ4v) is 4.58. The van der Waals surface area contributed by atoms with Crippen molar-refractivity contribution in [2.75, 3.05) is 10.3 Å². The molecule has 0 atom stereocenters. The molecule has 4 aromatic rings. The van der Waals surface area contributed by atoms with Crippen LogP contribution in [0.3, 0.4) is 0 Å². The van der Waals surface area contributed by atoms with E-state index in [9.17, 15) is 19.1 Å². The predicted octanol–water partition coefficient (Wildman–Crippen LogP) is 6.45. The first-order chi connectivity index (χ1) is 17.9. The fraction of sp³-hybridized carbons (Fsp3) is 0.100. The summed E-state index contributed by atoms with van der Waals surface area (Å²) in [5, 5.41) is 15.3. The first-order valence-corrected chi connectivity index (χ1v) is 11.7. The average Bonchev–Trinajstić information content (AvgIpc) is 3.17. The van der Waals surface area contributed by atoms with E-state index in [1.54, 1.807) is 60.7 Å². The molecule has 37 heavy (non-hydrogen) atoms. The molecule has 0 fully saturated rings. The fourth-order valence-electron chi connectivity index (χ4n) is 4.58. The second-order valence-corrected chi connectivity index (χ2v) is 8.99. The molecule has 0 radical (unpaired) electrons. The summed E-state index contributed by atoms with van der Waals surface area (Å²) in [6.45, 7) is 3.25. The van der Waals surface area contributed by atoms with Gasteiger partial charge in [0.2, 0.25) is 0 Å². The maximum atomic E-state index is 13.6. The van der Waals surface area contributed by atoms with Gasteiger partial charge in [-0.05, 0) is 66.4 Å². The summed E-state index contributed by atoms with van der Waals surface area (Å²) in [5.41, 5.74) is 9.17. The number of alkyl halides is 1. The number of fused-ring (bicyclic) bond motifs is 1. The molecule has 184 valence electrons. The Morgan fingerprint density at radius 2 is 1.70 bits per heavy atom. The van der Waals surface area contributed by atoms with Crippen LogP contribution in [-0.4, -0.2) is 23.0 Å². The highest BCUT2D eigenvalue weighted by molar-refractivity contribution is 6.55. The van der Waals surface area contributed by atoms with Crippen molar-refractivity contribution in [3.05, 3.63) is 107 Å². The smallest absolute Gasteiger partial charge is 0.283 e. The van der Waals surface area contributed by atoms with Gasteiger partial charge in [-0.15, -0.1) is 0 Å². The Morgan fingerprint density at radius 1 is 0.946 bits per heavy atom. The van der Waals surface area contributed by atoms with Crippen molar-refractivity contribution in [3.63, 3.8) is 0 Å². The number of rotatable bonds is 6. The number of hydrogen-bond donors (Lipinski definition) is 2. The molecule has 5 rings (SSSR count). The lowest BCUT2D eigenvalue weighted by molar-refractivity contribution is -0.111. The van der Waals surface area contributed by atoms with Gasteiger partial charge in [-0.3, -0.25) is 19.9 Å². The Labute approximate surface area is 213 Å². The molecule has 6 nitrogen and oxygen atoms in total. The number of hydrogen-bond acceptors (Lipinski definition) is 5. The lowest BCUT2D eigenvalue weighted by Crippen LogP contribution is -2.26. The molecule has 0 aromatic heterocycles. The summed E-state index contributed by atoms with van der Waals surface area (Å²) in [7, 11) is 0. The van der Waals surface area contributed by atoms with Crippen molar-refractivity contribution in [2.24, 2.45) is 5.10 Å².